The SMILES string of the molecule is COC(=O)c1ccc(CN2C(=O)N/C(=C\c3cc(I)c(OCC(=O)Nc4ccccc4F)c(I)c3)C2=O)o1. The summed E-state index contributed by atoms with van der Waals surface area (Å²) in [6, 6.07) is 11.5. The molecule has 1 aliphatic heterocycles. The smallest absolute Gasteiger partial charge is 0.373 e. The van der Waals surface area contributed by atoms with Gasteiger partial charge < -0.3 is 24.5 Å². The highest BCUT2D eigenvalue weighted by Crippen LogP contribution is 2.30. The second kappa shape index (κ2) is 11.9. The maximum Gasteiger partial charge on any atom is 0.373 e. The monoisotopic (exact) mass is 745 g/mol. The topological polar surface area (TPSA) is 127 Å². The zero-order valence-electron chi connectivity index (χ0n) is 19.5. The van der Waals surface area contributed by atoms with E-state index >= 15 is 0 Å². The van der Waals surface area contributed by atoms with Gasteiger partial charge in [-0.3, -0.25) is 14.5 Å². The number of methoxy groups -OCH3 is 1. The molecule has 3 aromatic rings. The summed E-state index contributed by atoms with van der Waals surface area (Å²) < 4.78 is 30.6. The Morgan fingerprint density at radius 1 is 1.13 bits per heavy atom. The number of benzene rings is 2. The Labute approximate surface area is 242 Å². The molecule has 4 amide bonds. The Balaban J connectivity index is 1.42. The van der Waals surface area contributed by atoms with Crippen LogP contribution in [0.3, 0.4) is 0 Å². The lowest BCUT2D eigenvalue weighted by Crippen LogP contribution is -2.30. The number of halogens is 3. The molecular weight excluding hydrogens is 727 g/mol. The number of rotatable bonds is 8. The Hall–Kier alpha value is -3.47. The van der Waals surface area contributed by atoms with E-state index in [2.05, 4.69) is 15.4 Å². The largest absolute Gasteiger partial charge is 0.482 e. The number of nitrogens with zero attached hydrogens (tertiary/aromatic N) is 1. The number of ether oxygens (including phenoxy) is 2. The van der Waals surface area contributed by atoms with Gasteiger partial charge in [0.25, 0.3) is 11.8 Å². The van der Waals surface area contributed by atoms with E-state index in [1.54, 1.807) is 18.2 Å². The first kappa shape index (κ1) is 27.6. The molecule has 13 heteroatoms. The number of nitrogens with one attached hydrogen (secondary N) is 2. The van der Waals surface area contributed by atoms with Gasteiger partial charge >= 0.3 is 12.0 Å². The number of hydrogen-bond acceptors (Lipinski definition) is 7. The van der Waals surface area contributed by atoms with Crippen molar-refractivity contribution in [3.63, 3.8) is 0 Å². The molecule has 2 heterocycles. The van der Waals surface area contributed by atoms with Gasteiger partial charge in [-0.1, -0.05) is 12.1 Å². The predicted octanol–water partition coefficient (Wildman–Crippen LogP) is 4.52. The molecule has 38 heavy (non-hydrogen) atoms. The molecule has 0 saturated carbocycles. The molecule has 0 radical (unpaired) electrons. The van der Waals surface area contributed by atoms with Crippen LogP contribution in [-0.2, 0) is 20.9 Å². The first-order chi connectivity index (χ1) is 18.2. The van der Waals surface area contributed by atoms with Gasteiger partial charge in [-0.2, -0.15) is 0 Å². The fourth-order valence-electron chi connectivity index (χ4n) is 3.40. The number of urea groups is 1. The molecule has 2 aromatic carbocycles. The molecule has 10 nitrogen and oxygen atoms in total. The third-order valence-electron chi connectivity index (χ3n) is 5.15. The van der Waals surface area contributed by atoms with Crippen LogP contribution in [0.4, 0.5) is 14.9 Å². The van der Waals surface area contributed by atoms with Crippen molar-refractivity contribution >= 4 is 80.8 Å². The second-order valence-corrected chi connectivity index (χ2v) is 10.1. The summed E-state index contributed by atoms with van der Waals surface area (Å²) in [6.07, 6.45) is 1.52. The van der Waals surface area contributed by atoms with Crippen molar-refractivity contribution in [3.05, 3.63) is 84.3 Å². The number of hydrogen-bond donors (Lipinski definition) is 2. The standard InChI is InChI=1S/C25H18FI2N3O7/c1-36-24(34)20-7-6-14(38-20)11-31-23(33)19(30-25(31)35)10-13-8-16(27)22(17(28)9-13)37-12-21(32)29-18-5-3-2-4-15(18)26/h2-10H,11-12H2,1H3,(H,29,32)(H,30,35)/b19-10-. The van der Waals surface area contributed by atoms with Crippen LogP contribution in [0, 0.1) is 13.0 Å². The minimum Gasteiger partial charge on any atom is -0.482 e. The van der Waals surface area contributed by atoms with Crippen LogP contribution in [0.15, 0.2) is 58.6 Å². The van der Waals surface area contributed by atoms with Crippen LogP contribution < -0.4 is 15.4 Å². The molecule has 4 rings (SSSR count). The molecule has 0 atom stereocenters. The average molecular weight is 745 g/mol. The number of furan rings is 1. The van der Waals surface area contributed by atoms with E-state index in [4.69, 9.17) is 9.15 Å². The molecule has 1 saturated heterocycles. The normalized spacial score (nSPS) is 14.0. The molecule has 0 spiro atoms. The quantitative estimate of drug-likeness (QED) is 0.150. The summed E-state index contributed by atoms with van der Waals surface area (Å²) in [5, 5.41) is 4.98. The Morgan fingerprint density at radius 3 is 2.53 bits per heavy atom. The minimum atomic E-state index is -0.670. The highest BCUT2D eigenvalue weighted by Gasteiger charge is 2.34. The summed E-state index contributed by atoms with van der Waals surface area (Å²) in [4.78, 5) is 50.0. The van der Waals surface area contributed by atoms with Gasteiger partial charge in [-0.05, 0) is 93.2 Å². The fraction of sp³-hybridized carbons (Fsp3) is 0.120. The van der Waals surface area contributed by atoms with Crippen LogP contribution in [0.5, 0.6) is 5.75 Å². The van der Waals surface area contributed by atoms with E-state index in [1.165, 1.54) is 43.5 Å². The molecule has 0 aliphatic carbocycles. The first-order valence-corrected chi connectivity index (χ1v) is 13.0. The lowest BCUT2D eigenvalue weighted by Gasteiger charge is -2.12. The Kier molecular flexibility index (Phi) is 8.65. The maximum absolute atomic E-state index is 13.7. The fourth-order valence-corrected chi connectivity index (χ4v) is 5.53. The van der Waals surface area contributed by atoms with E-state index in [9.17, 15) is 23.6 Å². The molecule has 0 unspecified atom stereocenters. The van der Waals surface area contributed by atoms with E-state index in [0.717, 1.165) is 4.90 Å². The maximum atomic E-state index is 13.7. The second-order valence-electron chi connectivity index (χ2n) is 7.77. The number of esters is 1. The zero-order valence-corrected chi connectivity index (χ0v) is 23.9. The first-order valence-electron chi connectivity index (χ1n) is 10.8. The highest BCUT2D eigenvalue weighted by molar-refractivity contribution is 14.1. The molecule has 0 bridgehead atoms. The van der Waals surface area contributed by atoms with Gasteiger partial charge in [-0.15, -0.1) is 0 Å². The van der Waals surface area contributed by atoms with Gasteiger partial charge in [0.05, 0.1) is 26.5 Å². The van der Waals surface area contributed by atoms with Crippen molar-refractivity contribution in [2.75, 3.05) is 19.0 Å². The van der Waals surface area contributed by atoms with Crippen molar-refractivity contribution < 1.29 is 37.5 Å². The van der Waals surface area contributed by atoms with Crippen LogP contribution in [0.1, 0.15) is 21.9 Å². The number of amides is 4. The number of imide groups is 1. The molecule has 1 aromatic heterocycles. The van der Waals surface area contributed by atoms with Crippen molar-refractivity contribution in [1.82, 2.24) is 10.2 Å². The Morgan fingerprint density at radius 2 is 1.84 bits per heavy atom. The number of carbonyl (C=O) groups is 4. The highest BCUT2D eigenvalue weighted by atomic mass is 127. The lowest BCUT2D eigenvalue weighted by molar-refractivity contribution is -0.123. The molecule has 1 aliphatic rings. The number of anilines is 1. The predicted molar refractivity (Wildman–Crippen MR) is 150 cm³/mol. The van der Waals surface area contributed by atoms with Crippen LogP contribution in [0.25, 0.3) is 6.08 Å². The van der Waals surface area contributed by atoms with Crippen molar-refractivity contribution in [2.24, 2.45) is 0 Å². The van der Waals surface area contributed by atoms with Crippen LogP contribution in [-0.4, -0.2) is 42.4 Å². The van der Waals surface area contributed by atoms with Gasteiger partial charge in [-0.25, -0.2) is 14.0 Å². The molecule has 196 valence electrons. The van der Waals surface area contributed by atoms with Crippen LogP contribution in [0.2, 0.25) is 0 Å². The summed E-state index contributed by atoms with van der Waals surface area (Å²) in [7, 11) is 1.21. The summed E-state index contributed by atoms with van der Waals surface area (Å²) in [6.45, 7) is -0.509. The van der Waals surface area contributed by atoms with Crippen molar-refractivity contribution in [2.45, 2.75) is 6.54 Å². The molecular formula is C25H18FI2N3O7. The third kappa shape index (κ3) is 6.32. The van der Waals surface area contributed by atoms with Crippen LogP contribution >= 0.6 is 45.2 Å². The van der Waals surface area contributed by atoms with Crippen molar-refractivity contribution in [3.8, 4) is 5.75 Å². The van der Waals surface area contributed by atoms with Crippen molar-refractivity contribution in [1.29, 1.82) is 0 Å². The molecule has 1 fully saturated rings. The van der Waals surface area contributed by atoms with E-state index in [0.29, 0.717) is 18.5 Å². The van der Waals surface area contributed by atoms with E-state index in [1.807, 2.05) is 45.2 Å². The van der Waals surface area contributed by atoms with Gasteiger partial charge in [0.1, 0.15) is 23.0 Å². The van der Waals surface area contributed by atoms with E-state index in [-0.39, 0.29) is 36.1 Å². The third-order valence-corrected chi connectivity index (χ3v) is 6.75. The van der Waals surface area contributed by atoms with Gasteiger partial charge in [0, 0.05) is 0 Å². The molecule has 2 N–H and O–H groups in total. The number of para-hydroxylation sites is 1. The average Bonchev–Trinajstić information content (AvgIpc) is 3.45. The minimum absolute atomic E-state index is 0.0403. The van der Waals surface area contributed by atoms with Gasteiger partial charge in [0.15, 0.2) is 6.61 Å². The summed E-state index contributed by atoms with van der Waals surface area (Å²) in [5.74, 6) is -1.68. The summed E-state index contributed by atoms with van der Waals surface area (Å²) in [5.41, 5.74) is 0.721. The van der Waals surface area contributed by atoms with Gasteiger partial charge in [0.2, 0.25) is 5.76 Å². The zero-order chi connectivity index (χ0) is 27.4. The Bertz CT molecular complexity index is 1450. The lowest BCUT2D eigenvalue weighted by atomic mass is 10.2. The number of carbonyl (C=O) groups excluding carboxylic acids is 4. The van der Waals surface area contributed by atoms with E-state index < -0.39 is 29.6 Å². The summed E-state index contributed by atoms with van der Waals surface area (Å²) >= 11 is 4.06.